The number of hydrogen-bond acceptors (Lipinski definition) is 2. The topological polar surface area (TPSA) is 29.9 Å². The second-order valence-corrected chi connectivity index (χ2v) is 5.23. The van der Waals surface area contributed by atoms with Crippen molar-refractivity contribution in [2.45, 2.75) is 26.4 Å². The Labute approximate surface area is 116 Å². The minimum absolute atomic E-state index is 0.167. The maximum Gasteiger partial charge on any atom is 0.0616 e. The van der Waals surface area contributed by atoms with Crippen molar-refractivity contribution in [3.05, 3.63) is 51.8 Å². The zero-order chi connectivity index (χ0) is 13.1. The van der Waals surface area contributed by atoms with E-state index in [-0.39, 0.29) is 6.04 Å². The quantitative estimate of drug-likeness (QED) is 0.939. The molecule has 1 atom stereocenters. The van der Waals surface area contributed by atoms with Crippen LogP contribution >= 0.6 is 15.9 Å². The standard InChI is InChI=1S/C14H18BrN3/c1-4-18-9-11(8-17-18)14(16-3)12-6-5-10(2)7-13(12)15/h5-9,14,16H,4H2,1-3H3. The third-order valence-electron chi connectivity index (χ3n) is 3.07. The molecule has 0 saturated heterocycles. The van der Waals surface area contributed by atoms with E-state index in [9.17, 15) is 0 Å². The summed E-state index contributed by atoms with van der Waals surface area (Å²) in [6.45, 7) is 5.08. The summed E-state index contributed by atoms with van der Waals surface area (Å²) in [5.41, 5.74) is 3.67. The lowest BCUT2D eigenvalue weighted by atomic mass is 10.0. The molecule has 2 aromatic rings. The number of benzene rings is 1. The fourth-order valence-electron chi connectivity index (χ4n) is 2.07. The molecular weight excluding hydrogens is 290 g/mol. The van der Waals surface area contributed by atoms with E-state index in [0.717, 1.165) is 11.0 Å². The van der Waals surface area contributed by atoms with E-state index in [2.05, 4.69) is 64.6 Å². The molecule has 1 N–H and O–H groups in total. The Morgan fingerprint density at radius 2 is 2.22 bits per heavy atom. The van der Waals surface area contributed by atoms with Crippen molar-refractivity contribution >= 4 is 15.9 Å². The summed E-state index contributed by atoms with van der Waals surface area (Å²) >= 11 is 3.64. The average Bonchev–Trinajstić information content (AvgIpc) is 2.81. The number of hydrogen-bond donors (Lipinski definition) is 1. The lowest BCUT2D eigenvalue weighted by molar-refractivity contribution is 0.653. The van der Waals surface area contributed by atoms with E-state index in [1.54, 1.807) is 0 Å². The molecule has 0 aliphatic rings. The van der Waals surface area contributed by atoms with Gasteiger partial charge < -0.3 is 5.32 Å². The minimum atomic E-state index is 0.167. The highest BCUT2D eigenvalue weighted by Gasteiger charge is 2.16. The summed E-state index contributed by atoms with van der Waals surface area (Å²) in [4.78, 5) is 0. The maximum absolute atomic E-state index is 4.34. The van der Waals surface area contributed by atoms with Gasteiger partial charge in [0.2, 0.25) is 0 Å². The lowest BCUT2D eigenvalue weighted by Crippen LogP contribution is -2.17. The molecule has 3 nitrogen and oxygen atoms in total. The van der Waals surface area contributed by atoms with Crippen LogP contribution in [0.25, 0.3) is 0 Å². The highest BCUT2D eigenvalue weighted by atomic mass is 79.9. The van der Waals surface area contributed by atoms with Gasteiger partial charge in [0.15, 0.2) is 0 Å². The van der Waals surface area contributed by atoms with Crippen molar-refractivity contribution in [3.63, 3.8) is 0 Å². The van der Waals surface area contributed by atoms with E-state index in [1.165, 1.54) is 16.7 Å². The first-order chi connectivity index (χ1) is 8.65. The Hall–Kier alpha value is -1.13. The normalized spacial score (nSPS) is 12.7. The number of aryl methyl sites for hydroxylation is 2. The van der Waals surface area contributed by atoms with Gasteiger partial charge in [-0.15, -0.1) is 0 Å². The predicted molar refractivity (Wildman–Crippen MR) is 77.7 cm³/mol. The molecule has 1 aromatic carbocycles. The Balaban J connectivity index is 2.38. The molecule has 0 amide bonds. The van der Waals surface area contributed by atoms with Crippen molar-refractivity contribution in [2.75, 3.05) is 7.05 Å². The second-order valence-electron chi connectivity index (χ2n) is 4.38. The molecule has 0 spiro atoms. The summed E-state index contributed by atoms with van der Waals surface area (Å²) < 4.78 is 3.08. The highest BCUT2D eigenvalue weighted by Crippen LogP contribution is 2.28. The molecule has 0 saturated carbocycles. The van der Waals surface area contributed by atoms with Gasteiger partial charge in [-0.05, 0) is 38.1 Å². The van der Waals surface area contributed by atoms with Crippen molar-refractivity contribution < 1.29 is 0 Å². The Kier molecular flexibility index (Phi) is 4.19. The average molecular weight is 308 g/mol. The summed E-state index contributed by atoms with van der Waals surface area (Å²) in [5, 5.41) is 7.69. The van der Waals surface area contributed by atoms with Crippen molar-refractivity contribution in [1.82, 2.24) is 15.1 Å². The summed E-state index contributed by atoms with van der Waals surface area (Å²) in [6, 6.07) is 6.60. The number of halogens is 1. The van der Waals surface area contributed by atoms with E-state index in [4.69, 9.17) is 0 Å². The molecule has 2 rings (SSSR count). The van der Waals surface area contributed by atoms with Gasteiger partial charge in [0.25, 0.3) is 0 Å². The molecule has 96 valence electrons. The molecule has 0 aliphatic heterocycles. The van der Waals surface area contributed by atoms with Crippen LogP contribution in [0.3, 0.4) is 0 Å². The highest BCUT2D eigenvalue weighted by molar-refractivity contribution is 9.10. The molecule has 0 radical (unpaired) electrons. The summed E-state index contributed by atoms with van der Waals surface area (Å²) in [5.74, 6) is 0. The maximum atomic E-state index is 4.34. The minimum Gasteiger partial charge on any atom is -0.309 e. The van der Waals surface area contributed by atoms with Gasteiger partial charge in [-0.1, -0.05) is 28.1 Å². The first kappa shape index (κ1) is 13.3. The largest absolute Gasteiger partial charge is 0.309 e. The van der Waals surface area contributed by atoms with Gasteiger partial charge in [-0.25, -0.2) is 0 Å². The Bertz CT molecular complexity index is 534. The van der Waals surface area contributed by atoms with Crippen molar-refractivity contribution in [2.24, 2.45) is 0 Å². The van der Waals surface area contributed by atoms with E-state index in [0.29, 0.717) is 0 Å². The number of rotatable bonds is 4. The van der Waals surface area contributed by atoms with Gasteiger partial charge in [-0.3, -0.25) is 4.68 Å². The van der Waals surface area contributed by atoms with Gasteiger partial charge in [0.1, 0.15) is 0 Å². The molecular formula is C14H18BrN3. The predicted octanol–water partition coefficient (Wildman–Crippen LogP) is 3.28. The lowest BCUT2D eigenvalue weighted by Gasteiger charge is -2.17. The van der Waals surface area contributed by atoms with Crippen LogP contribution in [0, 0.1) is 6.92 Å². The summed E-state index contributed by atoms with van der Waals surface area (Å²) in [6.07, 6.45) is 4.02. The van der Waals surface area contributed by atoms with Crippen LogP contribution in [0.2, 0.25) is 0 Å². The molecule has 0 bridgehead atoms. The van der Waals surface area contributed by atoms with E-state index < -0.39 is 0 Å². The SMILES string of the molecule is CCn1cc(C(NC)c2ccc(C)cc2Br)cn1. The molecule has 1 unspecified atom stereocenters. The van der Waals surface area contributed by atoms with Crippen molar-refractivity contribution in [1.29, 1.82) is 0 Å². The molecule has 4 heteroatoms. The van der Waals surface area contributed by atoms with Gasteiger partial charge in [0.05, 0.1) is 12.2 Å². The smallest absolute Gasteiger partial charge is 0.0616 e. The van der Waals surface area contributed by atoms with Gasteiger partial charge in [0, 0.05) is 22.8 Å². The first-order valence-electron chi connectivity index (χ1n) is 6.11. The number of nitrogens with zero attached hydrogens (tertiary/aromatic N) is 2. The molecule has 1 aromatic heterocycles. The Morgan fingerprint density at radius 1 is 1.44 bits per heavy atom. The molecule has 18 heavy (non-hydrogen) atoms. The van der Waals surface area contributed by atoms with Gasteiger partial charge >= 0.3 is 0 Å². The van der Waals surface area contributed by atoms with Crippen LogP contribution in [-0.2, 0) is 6.54 Å². The first-order valence-corrected chi connectivity index (χ1v) is 6.90. The zero-order valence-corrected chi connectivity index (χ0v) is 12.5. The van der Waals surface area contributed by atoms with Gasteiger partial charge in [-0.2, -0.15) is 5.10 Å². The molecule has 0 aliphatic carbocycles. The fraction of sp³-hybridized carbons (Fsp3) is 0.357. The third kappa shape index (κ3) is 2.65. The van der Waals surface area contributed by atoms with Crippen LogP contribution in [0.15, 0.2) is 35.1 Å². The Morgan fingerprint density at radius 3 is 2.78 bits per heavy atom. The van der Waals surface area contributed by atoms with Crippen LogP contribution in [0.4, 0.5) is 0 Å². The van der Waals surface area contributed by atoms with E-state index in [1.807, 2.05) is 17.9 Å². The zero-order valence-electron chi connectivity index (χ0n) is 10.9. The monoisotopic (exact) mass is 307 g/mol. The number of aromatic nitrogens is 2. The van der Waals surface area contributed by atoms with Crippen LogP contribution in [0.5, 0.6) is 0 Å². The fourth-order valence-corrected chi connectivity index (χ4v) is 2.79. The van der Waals surface area contributed by atoms with E-state index >= 15 is 0 Å². The van der Waals surface area contributed by atoms with Crippen LogP contribution in [0.1, 0.15) is 29.7 Å². The summed E-state index contributed by atoms with van der Waals surface area (Å²) in [7, 11) is 1.97. The third-order valence-corrected chi connectivity index (χ3v) is 3.75. The van der Waals surface area contributed by atoms with Crippen molar-refractivity contribution in [3.8, 4) is 0 Å². The molecule has 1 heterocycles. The molecule has 0 fully saturated rings. The van der Waals surface area contributed by atoms with Crippen LogP contribution in [-0.4, -0.2) is 16.8 Å². The second kappa shape index (κ2) is 5.67. The van der Waals surface area contributed by atoms with Crippen LogP contribution < -0.4 is 5.32 Å². The number of nitrogens with one attached hydrogen (secondary N) is 1.